The van der Waals surface area contributed by atoms with E-state index in [-0.39, 0.29) is 0 Å². The van der Waals surface area contributed by atoms with Crippen LogP contribution in [0.4, 0.5) is 17.5 Å². The lowest BCUT2D eigenvalue weighted by Crippen LogP contribution is -2.25. The average molecular weight is 359 g/mol. The summed E-state index contributed by atoms with van der Waals surface area (Å²) in [5.74, 6) is 1.42. The standard InChI is InChI=1S/C22H25N5/c1-4-10-18(11-5-1)17-27(20-14-8-3-9-15-20)21-16-23-26-22(25-21)24-19-12-6-2-7-13-19/h1,3-5,8-11,14-16,19H,2,6-7,12-13,17H2,(H,24,25,26). The first-order valence-electron chi connectivity index (χ1n) is 9.71. The first-order chi connectivity index (χ1) is 13.4. The van der Waals surface area contributed by atoms with E-state index < -0.39 is 0 Å². The number of nitrogens with zero attached hydrogens (tertiary/aromatic N) is 4. The van der Waals surface area contributed by atoms with Gasteiger partial charge in [0.25, 0.3) is 0 Å². The number of hydrogen-bond acceptors (Lipinski definition) is 5. The van der Waals surface area contributed by atoms with Crippen LogP contribution in [0.2, 0.25) is 0 Å². The second-order valence-electron chi connectivity index (χ2n) is 7.02. The molecule has 1 fully saturated rings. The summed E-state index contributed by atoms with van der Waals surface area (Å²) in [4.78, 5) is 6.96. The minimum Gasteiger partial charge on any atom is -0.350 e. The Morgan fingerprint density at radius 2 is 1.59 bits per heavy atom. The van der Waals surface area contributed by atoms with E-state index in [0.717, 1.165) is 18.1 Å². The third kappa shape index (κ3) is 4.61. The van der Waals surface area contributed by atoms with E-state index in [1.807, 2.05) is 24.3 Å². The fourth-order valence-corrected chi connectivity index (χ4v) is 3.59. The van der Waals surface area contributed by atoms with Crippen molar-refractivity contribution in [2.24, 2.45) is 0 Å². The average Bonchev–Trinajstić information content (AvgIpc) is 2.74. The molecule has 0 saturated heterocycles. The van der Waals surface area contributed by atoms with Crippen LogP contribution < -0.4 is 10.2 Å². The van der Waals surface area contributed by atoms with Crippen molar-refractivity contribution < 1.29 is 0 Å². The van der Waals surface area contributed by atoms with Gasteiger partial charge < -0.3 is 10.2 Å². The zero-order chi connectivity index (χ0) is 18.3. The smallest absolute Gasteiger partial charge is 0.244 e. The van der Waals surface area contributed by atoms with Crippen molar-refractivity contribution in [1.29, 1.82) is 0 Å². The molecule has 1 aromatic heterocycles. The van der Waals surface area contributed by atoms with Gasteiger partial charge in [-0.1, -0.05) is 67.8 Å². The van der Waals surface area contributed by atoms with Gasteiger partial charge in [0.05, 0.1) is 6.20 Å². The van der Waals surface area contributed by atoms with Crippen LogP contribution in [0.1, 0.15) is 37.7 Å². The van der Waals surface area contributed by atoms with Gasteiger partial charge in [-0.25, -0.2) is 0 Å². The van der Waals surface area contributed by atoms with Gasteiger partial charge in [-0.2, -0.15) is 10.1 Å². The van der Waals surface area contributed by atoms with Gasteiger partial charge in [0.1, 0.15) is 0 Å². The molecule has 0 radical (unpaired) electrons. The van der Waals surface area contributed by atoms with Crippen LogP contribution in [0.15, 0.2) is 66.9 Å². The van der Waals surface area contributed by atoms with E-state index in [1.54, 1.807) is 6.20 Å². The Morgan fingerprint density at radius 3 is 2.33 bits per heavy atom. The zero-order valence-electron chi connectivity index (χ0n) is 15.5. The van der Waals surface area contributed by atoms with Crippen molar-refractivity contribution in [3.63, 3.8) is 0 Å². The van der Waals surface area contributed by atoms with Crippen LogP contribution in [0.5, 0.6) is 0 Å². The minimum atomic E-state index is 0.454. The number of rotatable bonds is 6. The van der Waals surface area contributed by atoms with Crippen LogP contribution in [-0.2, 0) is 6.54 Å². The summed E-state index contributed by atoms with van der Waals surface area (Å²) in [5, 5.41) is 11.9. The molecule has 0 aliphatic heterocycles. The summed E-state index contributed by atoms with van der Waals surface area (Å²) >= 11 is 0. The number of aromatic nitrogens is 3. The maximum atomic E-state index is 4.78. The lowest BCUT2D eigenvalue weighted by atomic mass is 9.96. The summed E-state index contributed by atoms with van der Waals surface area (Å²) in [6.45, 7) is 0.729. The highest BCUT2D eigenvalue weighted by molar-refractivity contribution is 5.60. The number of nitrogens with one attached hydrogen (secondary N) is 1. The molecule has 2 aromatic carbocycles. The molecule has 0 unspecified atom stereocenters. The van der Waals surface area contributed by atoms with E-state index in [0.29, 0.717) is 12.0 Å². The second-order valence-corrected chi connectivity index (χ2v) is 7.02. The molecule has 5 heteroatoms. The molecule has 138 valence electrons. The number of anilines is 3. The number of hydrogen-bond donors (Lipinski definition) is 1. The predicted octanol–water partition coefficient (Wildman–Crippen LogP) is 4.95. The Labute approximate surface area is 160 Å². The largest absolute Gasteiger partial charge is 0.350 e. The molecule has 1 heterocycles. The topological polar surface area (TPSA) is 53.9 Å². The van der Waals surface area contributed by atoms with Crippen LogP contribution in [0.25, 0.3) is 0 Å². The minimum absolute atomic E-state index is 0.454. The fourth-order valence-electron chi connectivity index (χ4n) is 3.59. The Bertz CT molecular complexity index is 832. The molecule has 1 saturated carbocycles. The molecule has 5 nitrogen and oxygen atoms in total. The highest BCUT2D eigenvalue weighted by atomic mass is 15.3. The highest BCUT2D eigenvalue weighted by Crippen LogP contribution is 2.26. The van der Waals surface area contributed by atoms with Crippen molar-refractivity contribution >= 4 is 17.5 Å². The van der Waals surface area contributed by atoms with Crippen molar-refractivity contribution in [3.05, 3.63) is 72.4 Å². The van der Waals surface area contributed by atoms with Gasteiger partial charge in [-0.05, 0) is 30.5 Å². The van der Waals surface area contributed by atoms with Gasteiger partial charge in [-0.15, -0.1) is 5.10 Å². The van der Waals surface area contributed by atoms with Gasteiger partial charge >= 0.3 is 0 Å². The molecule has 1 aliphatic rings. The van der Waals surface area contributed by atoms with Gasteiger partial charge in [0.2, 0.25) is 5.95 Å². The summed E-state index contributed by atoms with van der Waals surface area (Å²) in [7, 11) is 0. The molecular formula is C22H25N5. The van der Waals surface area contributed by atoms with Crippen LogP contribution in [-0.4, -0.2) is 21.2 Å². The molecule has 0 bridgehead atoms. The predicted molar refractivity (Wildman–Crippen MR) is 109 cm³/mol. The Hall–Kier alpha value is -2.95. The lowest BCUT2D eigenvalue weighted by Gasteiger charge is -2.25. The van der Waals surface area contributed by atoms with Crippen molar-refractivity contribution in [3.8, 4) is 0 Å². The number of para-hydroxylation sites is 1. The number of benzene rings is 2. The van der Waals surface area contributed by atoms with E-state index in [1.165, 1.54) is 37.7 Å². The lowest BCUT2D eigenvalue weighted by molar-refractivity contribution is 0.460. The SMILES string of the molecule is c1ccc(CN(c2ccccc2)c2cnnc(NC3CCCCC3)n2)cc1. The summed E-state index contributed by atoms with van der Waals surface area (Å²) in [6, 6.07) is 21.2. The Kier molecular flexibility index (Phi) is 5.58. The zero-order valence-corrected chi connectivity index (χ0v) is 15.5. The fraction of sp³-hybridized carbons (Fsp3) is 0.318. The van der Waals surface area contributed by atoms with E-state index in [9.17, 15) is 0 Å². The third-order valence-electron chi connectivity index (χ3n) is 5.01. The molecule has 0 spiro atoms. The summed E-state index contributed by atoms with van der Waals surface area (Å²) < 4.78 is 0. The van der Waals surface area contributed by atoms with Crippen molar-refractivity contribution in [2.75, 3.05) is 10.2 Å². The molecule has 1 N–H and O–H groups in total. The van der Waals surface area contributed by atoms with Gasteiger partial charge in [-0.3, -0.25) is 0 Å². The first kappa shape index (κ1) is 17.5. The summed E-state index contributed by atoms with van der Waals surface area (Å²) in [6.07, 6.45) is 7.97. The monoisotopic (exact) mass is 359 g/mol. The molecule has 3 aromatic rings. The van der Waals surface area contributed by atoms with E-state index in [2.05, 4.69) is 56.8 Å². The molecule has 27 heavy (non-hydrogen) atoms. The maximum Gasteiger partial charge on any atom is 0.244 e. The van der Waals surface area contributed by atoms with Crippen molar-refractivity contribution in [1.82, 2.24) is 15.2 Å². The second kappa shape index (κ2) is 8.62. The normalized spacial score (nSPS) is 14.7. The molecule has 4 rings (SSSR count). The van der Waals surface area contributed by atoms with Crippen molar-refractivity contribution in [2.45, 2.75) is 44.7 Å². The summed E-state index contributed by atoms with van der Waals surface area (Å²) in [5.41, 5.74) is 2.31. The first-order valence-corrected chi connectivity index (χ1v) is 9.71. The van der Waals surface area contributed by atoms with E-state index in [4.69, 9.17) is 4.98 Å². The maximum absolute atomic E-state index is 4.78. The molecule has 0 atom stereocenters. The van der Waals surface area contributed by atoms with E-state index >= 15 is 0 Å². The Morgan fingerprint density at radius 1 is 0.889 bits per heavy atom. The molecular weight excluding hydrogens is 334 g/mol. The highest BCUT2D eigenvalue weighted by Gasteiger charge is 2.17. The third-order valence-corrected chi connectivity index (χ3v) is 5.01. The van der Waals surface area contributed by atoms with Gasteiger partial charge in [0.15, 0.2) is 5.82 Å². The van der Waals surface area contributed by atoms with Crippen LogP contribution in [0.3, 0.4) is 0 Å². The van der Waals surface area contributed by atoms with Crippen LogP contribution in [0, 0.1) is 0 Å². The Balaban J connectivity index is 1.60. The quantitative estimate of drug-likeness (QED) is 0.674. The van der Waals surface area contributed by atoms with Crippen LogP contribution >= 0.6 is 0 Å². The van der Waals surface area contributed by atoms with Gasteiger partial charge in [0, 0.05) is 18.3 Å². The molecule has 0 amide bonds. The molecule has 1 aliphatic carbocycles.